The second-order valence-corrected chi connectivity index (χ2v) is 6.22. The van der Waals surface area contributed by atoms with Crippen molar-refractivity contribution in [1.82, 2.24) is 30.3 Å². The number of nitrogens with one attached hydrogen (secondary N) is 2. The SMILES string of the molecule is CCC(=O)N1CCC(NC(=NC)NCc2ccnc(-n3cccn3)c2)C1.I. The summed E-state index contributed by atoms with van der Waals surface area (Å²) in [5.74, 6) is 1.72. The van der Waals surface area contributed by atoms with E-state index in [2.05, 4.69) is 25.7 Å². The number of carbonyl (C=O) groups is 1. The fourth-order valence-electron chi connectivity index (χ4n) is 3.00. The molecule has 1 saturated heterocycles. The Bertz CT molecular complexity index is 763. The molecule has 2 N–H and O–H groups in total. The third-order valence-corrected chi connectivity index (χ3v) is 4.42. The van der Waals surface area contributed by atoms with Crippen LogP contribution in [0.2, 0.25) is 0 Å². The van der Waals surface area contributed by atoms with Gasteiger partial charge in [0.2, 0.25) is 5.91 Å². The number of hydrogen-bond donors (Lipinski definition) is 2. The van der Waals surface area contributed by atoms with Crippen LogP contribution < -0.4 is 10.6 Å². The van der Waals surface area contributed by atoms with E-state index in [4.69, 9.17) is 0 Å². The van der Waals surface area contributed by atoms with E-state index in [1.165, 1.54) is 0 Å². The van der Waals surface area contributed by atoms with Gasteiger partial charge >= 0.3 is 0 Å². The topological polar surface area (TPSA) is 87.4 Å². The molecule has 1 aliphatic rings. The molecule has 27 heavy (non-hydrogen) atoms. The van der Waals surface area contributed by atoms with E-state index in [1.807, 2.05) is 36.2 Å². The van der Waals surface area contributed by atoms with Gasteiger partial charge in [0.25, 0.3) is 0 Å². The molecule has 8 nitrogen and oxygen atoms in total. The van der Waals surface area contributed by atoms with Crippen LogP contribution in [-0.4, -0.2) is 57.7 Å². The molecule has 0 bridgehead atoms. The lowest BCUT2D eigenvalue weighted by molar-refractivity contribution is -0.129. The van der Waals surface area contributed by atoms with E-state index < -0.39 is 0 Å². The standard InChI is InChI=1S/C18H25N7O.HI/c1-3-17(26)24-10-6-15(13-24)23-18(19-2)21-12-14-5-8-20-16(11-14)25-9-4-7-22-25;/h4-5,7-9,11,15H,3,6,10,12-13H2,1-2H3,(H2,19,21,23);1H. The van der Waals surface area contributed by atoms with Crippen molar-refractivity contribution >= 4 is 35.8 Å². The van der Waals surface area contributed by atoms with Crippen molar-refractivity contribution in [3.05, 3.63) is 42.4 Å². The van der Waals surface area contributed by atoms with Crippen molar-refractivity contribution < 1.29 is 4.79 Å². The summed E-state index contributed by atoms with van der Waals surface area (Å²) < 4.78 is 1.73. The maximum absolute atomic E-state index is 11.8. The minimum Gasteiger partial charge on any atom is -0.352 e. The molecule has 1 unspecified atom stereocenters. The predicted molar refractivity (Wildman–Crippen MR) is 115 cm³/mol. The van der Waals surface area contributed by atoms with Crippen molar-refractivity contribution in [2.75, 3.05) is 20.1 Å². The molecule has 0 aromatic carbocycles. The van der Waals surface area contributed by atoms with Gasteiger partial charge in [-0.2, -0.15) is 5.10 Å². The number of aliphatic imine (C=N–C) groups is 1. The molecular formula is C18H26IN7O. The highest BCUT2D eigenvalue weighted by atomic mass is 127. The highest BCUT2D eigenvalue weighted by molar-refractivity contribution is 14.0. The number of halogens is 1. The maximum Gasteiger partial charge on any atom is 0.222 e. The van der Waals surface area contributed by atoms with Crippen LogP contribution in [0.1, 0.15) is 25.3 Å². The molecule has 1 fully saturated rings. The van der Waals surface area contributed by atoms with Gasteiger partial charge in [0.05, 0.1) is 0 Å². The summed E-state index contributed by atoms with van der Waals surface area (Å²) in [6, 6.07) is 6.05. The number of carbonyl (C=O) groups excluding carboxylic acids is 1. The molecule has 9 heteroatoms. The van der Waals surface area contributed by atoms with Crippen molar-refractivity contribution in [3.63, 3.8) is 0 Å². The van der Waals surface area contributed by atoms with Crippen LogP contribution in [0.5, 0.6) is 0 Å². The summed E-state index contributed by atoms with van der Waals surface area (Å²) in [5, 5.41) is 10.9. The molecule has 146 valence electrons. The Morgan fingerprint density at radius 3 is 2.96 bits per heavy atom. The number of likely N-dealkylation sites (tertiary alicyclic amines) is 1. The van der Waals surface area contributed by atoms with E-state index in [1.54, 1.807) is 24.1 Å². The van der Waals surface area contributed by atoms with E-state index >= 15 is 0 Å². The molecule has 0 radical (unpaired) electrons. The molecule has 3 rings (SSSR count). The zero-order chi connectivity index (χ0) is 18.4. The smallest absolute Gasteiger partial charge is 0.222 e. The number of nitrogens with zero attached hydrogens (tertiary/aromatic N) is 5. The first-order valence-electron chi connectivity index (χ1n) is 8.89. The molecule has 0 saturated carbocycles. The van der Waals surface area contributed by atoms with Crippen LogP contribution in [0.3, 0.4) is 0 Å². The Labute approximate surface area is 176 Å². The van der Waals surface area contributed by atoms with Gasteiger partial charge in [0.1, 0.15) is 0 Å². The van der Waals surface area contributed by atoms with Crippen LogP contribution in [0.4, 0.5) is 0 Å². The average molecular weight is 483 g/mol. The van der Waals surface area contributed by atoms with Crippen molar-refractivity contribution in [1.29, 1.82) is 0 Å². The summed E-state index contributed by atoms with van der Waals surface area (Å²) in [5.41, 5.74) is 1.09. The zero-order valence-corrected chi connectivity index (χ0v) is 18.0. The number of amides is 1. The van der Waals surface area contributed by atoms with E-state index in [0.717, 1.165) is 36.9 Å². The first-order valence-corrected chi connectivity index (χ1v) is 8.89. The van der Waals surface area contributed by atoms with Gasteiger partial charge in [-0.1, -0.05) is 6.92 Å². The van der Waals surface area contributed by atoms with Crippen LogP contribution in [0.15, 0.2) is 41.8 Å². The third-order valence-electron chi connectivity index (χ3n) is 4.42. The minimum absolute atomic E-state index is 0. The summed E-state index contributed by atoms with van der Waals surface area (Å²) in [6.45, 7) is 4.06. The molecule has 1 atom stereocenters. The zero-order valence-electron chi connectivity index (χ0n) is 15.6. The van der Waals surface area contributed by atoms with Crippen LogP contribution >= 0.6 is 24.0 Å². The van der Waals surface area contributed by atoms with Gasteiger partial charge in [-0.15, -0.1) is 24.0 Å². The molecule has 0 spiro atoms. The van der Waals surface area contributed by atoms with E-state index in [0.29, 0.717) is 13.0 Å². The average Bonchev–Trinajstić information content (AvgIpc) is 3.36. The quantitative estimate of drug-likeness (QED) is 0.383. The van der Waals surface area contributed by atoms with Gasteiger partial charge in [-0.05, 0) is 30.2 Å². The number of guanidine groups is 1. The molecule has 1 amide bonds. The van der Waals surface area contributed by atoms with Crippen molar-refractivity contribution in [2.45, 2.75) is 32.4 Å². The van der Waals surface area contributed by atoms with Crippen LogP contribution in [0.25, 0.3) is 5.82 Å². The lowest BCUT2D eigenvalue weighted by atomic mass is 10.2. The van der Waals surface area contributed by atoms with Gasteiger partial charge in [-0.25, -0.2) is 9.67 Å². The third kappa shape index (κ3) is 5.65. The Morgan fingerprint density at radius 1 is 1.41 bits per heavy atom. The van der Waals surface area contributed by atoms with Crippen molar-refractivity contribution in [2.24, 2.45) is 4.99 Å². The van der Waals surface area contributed by atoms with Gasteiger partial charge < -0.3 is 15.5 Å². The molecule has 2 aromatic rings. The number of hydrogen-bond acceptors (Lipinski definition) is 4. The predicted octanol–water partition coefficient (Wildman–Crippen LogP) is 1.56. The summed E-state index contributed by atoms with van der Waals surface area (Å²) >= 11 is 0. The second-order valence-electron chi connectivity index (χ2n) is 6.22. The summed E-state index contributed by atoms with van der Waals surface area (Å²) in [6.07, 6.45) is 6.86. The number of rotatable bonds is 5. The van der Waals surface area contributed by atoms with Crippen LogP contribution in [-0.2, 0) is 11.3 Å². The maximum atomic E-state index is 11.8. The number of pyridine rings is 1. The Kier molecular flexibility index (Phi) is 8.01. The molecule has 1 aliphatic heterocycles. The van der Waals surface area contributed by atoms with Crippen molar-refractivity contribution in [3.8, 4) is 5.82 Å². The normalized spacial score (nSPS) is 16.7. The van der Waals surface area contributed by atoms with Crippen LogP contribution in [0, 0.1) is 0 Å². The molecular weight excluding hydrogens is 457 g/mol. The Hall–Kier alpha value is -2.17. The fourth-order valence-corrected chi connectivity index (χ4v) is 3.00. The lowest BCUT2D eigenvalue weighted by Gasteiger charge is -2.18. The summed E-state index contributed by atoms with van der Waals surface area (Å²) in [7, 11) is 1.75. The molecule has 3 heterocycles. The highest BCUT2D eigenvalue weighted by Crippen LogP contribution is 2.10. The Morgan fingerprint density at radius 2 is 2.26 bits per heavy atom. The number of aromatic nitrogens is 3. The van der Waals surface area contributed by atoms with Gasteiger partial charge in [-0.3, -0.25) is 9.79 Å². The fraction of sp³-hybridized carbons (Fsp3) is 0.444. The lowest BCUT2D eigenvalue weighted by Crippen LogP contribution is -2.44. The largest absolute Gasteiger partial charge is 0.352 e. The summed E-state index contributed by atoms with van der Waals surface area (Å²) in [4.78, 5) is 22.3. The first-order chi connectivity index (χ1) is 12.7. The van der Waals surface area contributed by atoms with Gasteiger partial charge in [0, 0.05) is 57.7 Å². The first kappa shape index (κ1) is 21.1. The Balaban J connectivity index is 0.00000261. The second kappa shape index (κ2) is 10.2. The van der Waals surface area contributed by atoms with E-state index in [-0.39, 0.29) is 35.9 Å². The minimum atomic E-state index is 0. The highest BCUT2D eigenvalue weighted by Gasteiger charge is 2.25. The van der Waals surface area contributed by atoms with Gasteiger partial charge in [0.15, 0.2) is 11.8 Å². The molecule has 0 aliphatic carbocycles. The van der Waals surface area contributed by atoms with E-state index in [9.17, 15) is 4.79 Å². The molecule has 2 aromatic heterocycles. The monoisotopic (exact) mass is 483 g/mol.